The maximum absolute atomic E-state index is 6.79. The van der Waals surface area contributed by atoms with Gasteiger partial charge in [-0.1, -0.05) is 140 Å². The molecule has 2 aromatic heterocycles. The molecule has 8 aromatic carbocycles. The van der Waals surface area contributed by atoms with E-state index < -0.39 is 0 Å². The number of benzene rings is 8. The Morgan fingerprint density at radius 2 is 1.13 bits per heavy atom. The van der Waals surface area contributed by atoms with E-state index in [1.807, 2.05) is 0 Å². The fraction of sp³-hybridized carbons (Fsp3) is 0. The van der Waals surface area contributed by atoms with Crippen molar-refractivity contribution in [3.05, 3.63) is 176 Å². The molecule has 10 aromatic rings. The van der Waals surface area contributed by atoms with E-state index in [9.17, 15) is 0 Å². The SMILES string of the molecule is c1ccc(-c2cccc(N3c4cc(-c5ccccc5)ccc4B4c5c(cc6oc7ccccc7c6c53)-c3cccc5c6ccccc6n4c35)c2)cc1. The quantitative estimate of drug-likeness (QED) is 0.176. The highest BCUT2D eigenvalue weighted by atomic mass is 16.3. The first-order valence-corrected chi connectivity index (χ1v) is 18.0. The monoisotopic (exact) mass is 660 g/mol. The number of aromatic nitrogens is 1. The zero-order valence-corrected chi connectivity index (χ0v) is 28.1. The molecule has 0 saturated heterocycles. The van der Waals surface area contributed by atoms with Crippen molar-refractivity contribution in [2.24, 2.45) is 0 Å². The van der Waals surface area contributed by atoms with Gasteiger partial charge >= 0.3 is 6.85 Å². The van der Waals surface area contributed by atoms with Crippen LogP contribution in [0.15, 0.2) is 180 Å². The highest BCUT2D eigenvalue weighted by Gasteiger charge is 2.44. The van der Waals surface area contributed by atoms with Gasteiger partial charge in [0, 0.05) is 44.1 Å². The van der Waals surface area contributed by atoms with Crippen molar-refractivity contribution in [3.8, 4) is 33.4 Å². The number of hydrogen-bond acceptors (Lipinski definition) is 2. The summed E-state index contributed by atoms with van der Waals surface area (Å²) >= 11 is 0. The Balaban J connectivity index is 1.28. The van der Waals surface area contributed by atoms with Crippen LogP contribution in [0.25, 0.3) is 77.1 Å². The molecule has 0 unspecified atom stereocenters. The first-order valence-electron chi connectivity index (χ1n) is 18.0. The molecule has 240 valence electrons. The Hall–Kier alpha value is -6.78. The minimum absolute atomic E-state index is 0.0475. The van der Waals surface area contributed by atoms with Gasteiger partial charge in [0.05, 0.1) is 11.1 Å². The molecular weight excluding hydrogens is 631 g/mol. The number of hydrogen-bond donors (Lipinski definition) is 0. The molecule has 4 heteroatoms. The second kappa shape index (κ2) is 10.4. The van der Waals surface area contributed by atoms with Crippen LogP contribution in [0.5, 0.6) is 0 Å². The van der Waals surface area contributed by atoms with Gasteiger partial charge in [-0.05, 0) is 75.1 Å². The minimum atomic E-state index is -0.0475. The number of rotatable bonds is 3. The third-order valence-electron chi connectivity index (χ3n) is 11.3. The van der Waals surface area contributed by atoms with Crippen LogP contribution >= 0.6 is 0 Å². The van der Waals surface area contributed by atoms with Gasteiger partial charge in [-0.15, -0.1) is 0 Å². The molecule has 0 atom stereocenters. The number of anilines is 3. The van der Waals surface area contributed by atoms with E-state index in [0.717, 1.165) is 27.6 Å². The van der Waals surface area contributed by atoms with Crippen LogP contribution in [0.1, 0.15) is 0 Å². The lowest BCUT2D eigenvalue weighted by molar-refractivity contribution is 0.669. The van der Waals surface area contributed by atoms with Crippen LogP contribution < -0.4 is 15.8 Å². The maximum atomic E-state index is 6.79. The average molecular weight is 661 g/mol. The normalized spacial score (nSPS) is 12.9. The Labute approximate surface area is 300 Å². The second-order valence-corrected chi connectivity index (χ2v) is 14.0. The van der Waals surface area contributed by atoms with Crippen LogP contribution in [-0.2, 0) is 0 Å². The molecule has 4 heterocycles. The number of nitrogens with zero attached hydrogens (tertiary/aromatic N) is 2. The number of para-hydroxylation sites is 3. The standard InChI is InChI=1S/C48H29BN2O/c1-3-13-30(14-4-1)32-17-11-18-34(27-32)50-42-28-33(31-15-5-2-6-16-31)25-26-40(42)49-46-39(29-44-45(48(46)50)38-20-8-10-24-43(38)52-44)37-22-12-21-36-35-19-7-9-23-41(35)51(49)47(36)37/h1-29H. The predicted molar refractivity (Wildman–Crippen MR) is 218 cm³/mol. The van der Waals surface area contributed by atoms with Crippen LogP contribution in [0, 0.1) is 0 Å². The average Bonchev–Trinajstić information content (AvgIpc) is 3.76. The summed E-state index contributed by atoms with van der Waals surface area (Å²) in [6, 6.07) is 64.1. The van der Waals surface area contributed by atoms with Crippen LogP contribution in [0.3, 0.4) is 0 Å². The molecule has 2 aliphatic rings. The van der Waals surface area contributed by atoms with Gasteiger partial charge in [-0.3, -0.25) is 0 Å². The van der Waals surface area contributed by atoms with Crippen molar-refractivity contribution in [1.82, 2.24) is 4.48 Å². The predicted octanol–water partition coefficient (Wildman–Crippen LogP) is 11.4. The van der Waals surface area contributed by atoms with Gasteiger partial charge in [0.25, 0.3) is 0 Å². The van der Waals surface area contributed by atoms with E-state index in [-0.39, 0.29) is 6.85 Å². The van der Waals surface area contributed by atoms with Crippen molar-refractivity contribution in [1.29, 1.82) is 0 Å². The highest BCUT2D eigenvalue weighted by Crippen LogP contribution is 2.50. The summed E-state index contributed by atoms with van der Waals surface area (Å²) in [6.45, 7) is -0.0475. The number of fused-ring (bicyclic) bond motifs is 11. The molecule has 0 radical (unpaired) electrons. The molecule has 0 fully saturated rings. The van der Waals surface area contributed by atoms with Gasteiger partial charge in [-0.25, -0.2) is 0 Å². The van der Waals surface area contributed by atoms with Crippen molar-refractivity contribution < 1.29 is 4.42 Å². The highest BCUT2D eigenvalue weighted by molar-refractivity contribution is 6.90. The molecule has 0 bridgehead atoms. The van der Waals surface area contributed by atoms with Gasteiger partial charge in [0.15, 0.2) is 0 Å². The Morgan fingerprint density at radius 3 is 1.96 bits per heavy atom. The van der Waals surface area contributed by atoms with Crippen LogP contribution in [0.4, 0.5) is 17.1 Å². The lowest BCUT2D eigenvalue weighted by Gasteiger charge is -2.41. The summed E-state index contributed by atoms with van der Waals surface area (Å²) in [5, 5.41) is 4.84. The molecule has 2 aliphatic heterocycles. The topological polar surface area (TPSA) is 21.3 Å². The molecule has 0 aliphatic carbocycles. The lowest BCUT2D eigenvalue weighted by atomic mass is 9.45. The molecule has 52 heavy (non-hydrogen) atoms. The first-order chi connectivity index (χ1) is 25.8. The Kier molecular flexibility index (Phi) is 5.58. The van der Waals surface area contributed by atoms with Crippen molar-refractivity contribution in [3.63, 3.8) is 0 Å². The fourth-order valence-electron chi connectivity index (χ4n) is 9.20. The van der Waals surface area contributed by atoms with E-state index in [1.54, 1.807) is 0 Å². The fourth-order valence-corrected chi connectivity index (χ4v) is 9.20. The smallest absolute Gasteiger partial charge is 0.333 e. The molecule has 0 N–H and O–H groups in total. The molecule has 0 amide bonds. The minimum Gasteiger partial charge on any atom is -0.456 e. The van der Waals surface area contributed by atoms with Crippen LogP contribution in [0.2, 0.25) is 0 Å². The summed E-state index contributed by atoms with van der Waals surface area (Å²) < 4.78 is 9.41. The third-order valence-corrected chi connectivity index (χ3v) is 11.3. The molecular formula is C48H29BN2O. The van der Waals surface area contributed by atoms with Gasteiger partial charge in [-0.2, -0.15) is 0 Å². The van der Waals surface area contributed by atoms with Gasteiger partial charge in [0.2, 0.25) is 0 Å². The number of furan rings is 1. The molecule has 3 nitrogen and oxygen atoms in total. The molecule has 12 rings (SSSR count). The summed E-state index contributed by atoms with van der Waals surface area (Å²) in [5.74, 6) is 0. The van der Waals surface area contributed by atoms with Crippen molar-refractivity contribution in [2.45, 2.75) is 0 Å². The summed E-state index contributed by atoms with van der Waals surface area (Å²) in [4.78, 5) is 2.53. The van der Waals surface area contributed by atoms with Crippen LogP contribution in [-0.4, -0.2) is 11.3 Å². The summed E-state index contributed by atoms with van der Waals surface area (Å²) in [7, 11) is 0. The maximum Gasteiger partial charge on any atom is 0.333 e. The lowest BCUT2D eigenvalue weighted by Crippen LogP contribution is -2.56. The van der Waals surface area contributed by atoms with Gasteiger partial charge in [0.1, 0.15) is 11.2 Å². The van der Waals surface area contributed by atoms with E-state index in [1.165, 1.54) is 77.5 Å². The van der Waals surface area contributed by atoms with E-state index in [0.29, 0.717) is 0 Å². The first kappa shape index (κ1) is 28.0. The molecule has 0 spiro atoms. The summed E-state index contributed by atoms with van der Waals surface area (Å²) in [6.07, 6.45) is 0. The zero-order chi connectivity index (χ0) is 33.9. The zero-order valence-electron chi connectivity index (χ0n) is 28.1. The Bertz CT molecular complexity index is 3090. The van der Waals surface area contributed by atoms with E-state index in [4.69, 9.17) is 4.42 Å². The second-order valence-electron chi connectivity index (χ2n) is 14.0. The summed E-state index contributed by atoms with van der Waals surface area (Å²) in [5.41, 5.74) is 17.6. The van der Waals surface area contributed by atoms with Crippen molar-refractivity contribution in [2.75, 3.05) is 4.90 Å². The third kappa shape index (κ3) is 3.71. The van der Waals surface area contributed by atoms with Gasteiger partial charge < -0.3 is 13.8 Å². The Morgan fingerprint density at radius 1 is 0.462 bits per heavy atom. The van der Waals surface area contributed by atoms with E-state index in [2.05, 4.69) is 185 Å². The largest absolute Gasteiger partial charge is 0.456 e. The van der Waals surface area contributed by atoms with E-state index >= 15 is 0 Å². The van der Waals surface area contributed by atoms with Crippen molar-refractivity contribution >= 4 is 78.6 Å². The molecule has 0 saturated carbocycles.